The molecular formula is C60H75N3O11. The molecule has 74 heavy (non-hydrogen) atoms. The summed E-state index contributed by atoms with van der Waals surface area (Å²) in [5.74, 6) is 0.253. The van der Waals surface area contributed by atoms with Gasteiger partial charge in [-0.25, -0.2) is 0 Å². The summed E-state index contributed by atoms with van der Waals surface area (Å²) in [5.41, 5.74) is 4.22. The number of nitro benzene ring substituents is 1. The van der Waals surface area contributed by atoms with Crippen LogP contribution in [0.4, 0.5) is 5.69 Å². The molecule has 14 heteroatoms. The van der Waals surface area contributed by atoms with Gasteiger partial charge in [0.2, 0.25) is 18.5 Å². The van der Waals surface area contributed by atoms with Crippen LogP contribution in [0.25, 0.3) is 0 Å². The summed E-state index contributed by atoms with van der Waals surface area (Å²) in [4.78, 5) is 35.1. The lowest BCUT2D eigenvalue weighted by atomic mass is 9.55. The van der Waals surface area contributed by atoms with E-state index in [9.17, 15) is 20.3 Å². The fourth-order valence-corrected chi connectivity index (χ4v) is 11.6. The first-order valence-electron chi connectivity index (χ1n) is 27.1. The van der Waals surface area contributed by atoms with Crippen molar-refractivity contribution >= 4 is 17.3 Å². The van der Waals surface area contributed by atoms with Gasteiger partial charge < -0.3 is 43.6 Å². The Kier molecular flexibility index (Phi) is 19.6. The topological polar surface area (TPSA) is 172 Å². The molecule has 0 spiro atoms. The fraction of sp³-hybridized carbons (Fsp3) is 0.500. The highest BCUT2D eigenvalue weighted by molar-refractivity contribution is 6.03. The van der Waals surface area contributed by atoms with Crippen LogP contribution in [0.1, 0.15) is 139 Å². The number of fused-ring (bicyclic) bond motifs is 3. The molecule has 0 bridgehead atoms. The minimum atomic E-state index is -1.48. The number of carbonyl (C=O) groups excluding carboxylic acids is 1. The Morgan fingerprint density at radius 3 is 2.31 bits per heavy atom. The zero-order chi connectivity index (χ0) is 51.7. The second-order valence-electron chi connectivity index (χ2n) is 20.2. The molecule has 0 aromatic heterocycles. The molecular weight excluding hydrogens is 939 g/mol. The third-order valence-corrected chi connectivity index (χ3v) is 15.1. The van der Waals surface area contributed by atoms with Gasteiger partial charge >= 0.3 is 0 Å². The average molecular weight is 1010 g/mol. The molecule has 6 atom stereocenters. The Bertz CT molecular complexity index is 2550. The maximum absolute atomic E-state index is 15.4. The van der Waals surface area contributed by atoms with Gasteiger partial charge in [-0.1, -0.05) is 131 Å². The lowest BCUT2D eigenvalue weighted by Crippen LogP contribution is -2.70. The van der Waals surface area contributed by atoms with Crippen LogP contribution in [0.3, 0.4) is 0 Å². The number of non-ortho nitro benzene ring substituents is 1. The Hall–Kier alpha value is -6.22. The van der Waals surface area contributed by atoms with E-state index in [-0.39, 0.29) is 75.5 Å². The maximum atomic E-state index is 15.4. The van der Waals surface area contributed by atoms with Crippen LogP contribution >= 0.6 is 0 Å². The molecule has 1 fully saturated rings. The molecule has 2 N–H and O–H groups in total. The van der Waals surface area contributed by atoms with E-state index in [1.165, 1.54) is 44.2 Å². The van der Waals surface area contributed by atoms with Crippen molar-refractivity contribution in [3.05, 3.63) is 142 Å². The van der Waals surface area contributed by atoms with E-state index in [0.717, 1.165) is 73.6 Å². The summed E-state index contributed by atoms with van der Waals surface area (Å²) in [6.45, 7) is 7.16. The number of hydrogen-bond acceptors (Lipinski definition) is 12. The minimum absolute atomic E-state index is 0.00906. The standard InChI is InChI=1S/C60H75N3O11/c1-3-5-6-7-8-9-10-11-15-27-57(66)62(40-44-28-30-54-55(35-44)70-42-69-54)56-39-52(61-72-41-43-21-13-12-14-22-43)50-36-45(23-16-18-32-64)49(26-17-19-33-65)58-51-38-48(73-47-25-20-24-46(37-47)63(67)68)29-31-53(51)74-60(56,59(50)58)71-34-4-2/h4,12-14,20-22,24-25,28-31,35-38,45,49,56,58-59,64-65H,2-3,5-11,15-19,23,26-27,32-34,39-42H2,1H3. The molecule has 4 aromatic rings. The number of aliphatic hydroxyl groups excluding tert-OH is 2. The van der Waals surface area contributed by atoms with Gasteiger partial charge in [0.25, 0.3) is 5.69 Å². The summed E-state index contributed by atoms with van der Waals surface area (Å²) in [7, 11) is 0. The number of benzene rings is 4. The highest BCUT2D eigenvalue weighted by atomic mass is 16.7. The Morgan fingerprint density at radius 1 is 0.824 bits per heavy atom. The smallest absolute Gasteiger partial charge is 0.273 e. The van der Waals surface area contributed by atoms with Crippen LogP contribution in [-0.4, -0.2) is 70.1 Å². The second kappa shape index (κ2) is 26.8. The first kappa shape index (κ1) is 54.1. The molecule has 1 amide bonds. The van der Waals surface area contributed by atoms with Crippen molar-refractivity contribution in [2.24, 2.45) is 22.9 Å². The maximum Gasteiger partial charge on any atom is 0.273 e. The van der Waals surface area contributed by atoms with Crippen molar-refractivity contribution in [2.75, 3.05) is 26.6 Å². The zero-order valence-corrected chi connectivity index (χ0v) is 43.1. The van der Waals surface area contributed by atoms with Gasteiger partial charge in [-0.3, -0.25) is 14.9 Å². The number of unbranched alkanes of at least 4 members (excludes halogenated alkanes) is 10. The van der Waals surface area contributed by atoms with Crippen molar-refractivity contribution in [1.29, 1.82) is 0 Å². The van der Waals surface area contributed by atoms with Crippen LogP contribution in [-0.2, 0) is 27.5 Å². The molecule has 2 heterocycles. The van der Waals surface area contributed by atoms with Crippen molar-refractivity contribution in [3.8, 4) is 28.7 Å². The molecule has 4 aliphatic rings. The monoisotopic (exact) mass is 1010 g/mol. The number of allylic oxidation sites excluding steroid dienone is 1. The summed E-state index contributed by atoms with van der Waals surface area (Å²) >= 11 is 0. The van der Waals surface area contributed by atoms with Crippen LogP contribution in [0.5, 0.6) is 28.7 Å². The number of nitrogens with zero attached hydrogens (tertiary/aromatic N) is 3. The quantitative estimate of drug-likeness (QED) is 0.0220. The molecule has 0 saturated heterocycles. The predicted octanol–water partition coefficient (Wildman–Crippen LogP) is 12.9. The number of hydrogen-bond donors (Lipinski definition) is 2. The highest BCUT2D eigenvalue weighted by Crippen LogP contribution is 2.62. The lowest BCUT2D eigenvalue weighted by Gasteiger charge is -2.60. The van der Waals surface area contributed by atoms with Crippen molar-refractivity contribution < 1.29 is 48.5 Å². The van der Waals surface area contributed by atoms with Crippen LogP contribution in [0, 0.1) is 27.9 Å². The average Bonchev–Trinajstić information content (AvgIpc) is 3.89. The summed E-state index contributed by atoms with van der Waals surface area (Å²) in [6, 6.07) is 26.8. The normalized spacial score (nSPS) is 21.7. The van der Waals surface area contributed by atoms with Gasteiger partial charge in [-0.15, -0.1) is 6.58 Å². The van der Waals surface area contributed by atoms with E-state index in [0.29, 0.717) is 53.7 Å². The van der Waals surface area contributed by atoms with Gasteiger partial charge in [0.05, 0.1) is 29.2 Å². The molecule has 1 saturated carbocycles. The highest BCUT2D eigenvalue weighted by Gasteiger charge is 2.65. The third kappa shape index (κ3) is 13.2. The van der Waals surface area contributed by atoms with E-state index < -0.39 is 22.7 Å². The predicted molar refractivity (Wildman–Crippen MR) is 284 cm³/mol. The largest absolute Gasteiger partial charge is 0.459 e. The zero-order valence-electron chi connectivity index (χ0n) is 43.1. The molecule has 6 unspecified atom stereocenters. The second-order valence-corrected chi connectivity index (χ2v) is 20.2. The SMILES string of the molecule is C=CCOC12Oc3ccc(Oc4cccc([N+](=O)[O-])c4)cc3C3C(CCCCO)C(CCCCO)C=C(C(=NOCc4ccccc4)CC1N(Cc1ccc4c(c1)OCO4)C(=O)CCCCCCCCCCC)C32. The summed E-state index contributed by atoms with van der Waals surface area (Å²) in [5, 5.41) is 37.0. The summed E-state index contributed by atoms with van der Waals surface area (Å²) in [6.07, 6.45) is 19.0. The number of carbonyl (C=O) groups is 1. The van der Waals surface area contributed by atoms with Crippen molar-refractivity contribution in [1.82, 2.24) is 4.90 Å². The molecule has 2 aliphatic carbocycles. The molecule has 4 aromatic carbocycles. The van der Waals surface area contributed by atoms with Crippen LogP contribution < -0.4 is 18.9 Å². The van der Waals surface area contributed by atoms with Gasteiger partial charge in [0.1, 0.15) is 29.9 Å². The number of rotatable bonds is 30. The molecule has 396 valence electrons. The molecule has 0 radical (unpaired) electrons. The van der Waals surface area contributed by atoms with E-state index in [1.54, 1.807) is 24.3 Å². The third-order valence-electron chi connectivity index (χ3n) is 15.1. The van der Waals surface area contributed by atoms with Gasteiger partial charge in [-0.2, -0.15) is 0 Å². The molecule has 14 nitrogen and oxygen atoms in total. The first-order valence-corrected chi connectivity index (χ1v) is 27.1. The Labute approximate surface area is 436 Å². The Morgan fingerprint density at radius 2 is 1.55 bits per heavy atom. The minimum Gasteiger partial charge on any atom is -0.459 e. The van der Waals surface area contributed by atoms with Crippen LogP contribution in [0.2, 0.25) is 0 Å². The first-order chi connectivity index (χ1) is 36.3. The number of ether oxygens (including phenoxy) is 5. The molecule has 8 rings (SSSR count). The van der Waals surface area contributed by atoms with E-state index >= 15 is 4.79 Å². The van der Waals surface area contributed by atoms with Gasteiger partial charge in [0, 0.05) is 50.1 Å². The number of amides is 1. The Balaban J connectivity index is 1.27. The summed E-state index contributed by atoms with van der Waals surface area (Å²) < 4.78 is 32.8. The van der Waals surface area contributed by atoms with E-state index in [2.05, 4.69) is 19.6 Å². The number of nitro groups is 1. The number of oxime groups is 1. The van der Waals surface area contributed by atoms with E-state index in [4.69, 9.17) is 33.7 Å². The molecule has 2 aliphatic heterocycles. The van der Waals surface area contributed by atoms with Gasteiger partial charge in [-0.05, 0) is 97.0 Å². The number of aliphatic hydroxyl groups is 2. The van der Waals surface area contributed by atoms with Crippen molar-refractivity contribution in [2.45, 2.75) is 147 Å². The van der Waals surface area contributed by atoms with Crippen LogP contribution in [0.15, 0.2) is 120 Å². The lowest BCUT2D eigenvalue weighted by molar-refractivity contribution is -0.384. The van der Waals surface area contributed by atoms with Crippen molar-refractivity contribution in [3.63, 3.8) is 0 Å². The fourth-order valence-electron chi connectivity index (χ4n) is 11.6. The van der Waals surface area contributed by atoms with E-state index in [1.807, 2.05) is 65.6 Å². The van der Waals surface area contributed by atoms with Gasteiger partial charge in [0.15, 0.2) is 11.5 Å².